The van der Waals surface area contributed by atoms with Crippen molar-refractivity contribution >= 4 is 5.97 Å². The molecule has 0 atom stereocenters. The van der Waals surface area contributed by atoms with Crippen molar-refractivity contribution in [3.8, 4) is 0 Å². The van der Waals surface area contributed by atoms with Crippen molar-refractivity contribution in [1.29, 1.82) is 0 Å². The van der Waals surface area contributed by atoms with Crippen LogP contribution in [0.15, 0.2) is 12.4 Å². The summed E-state index contributed by atoms with van der Waals surface area (Å²) >= 11 is 0. The smallest absolute Gasteiger partial charge is 0.303 e. The Hall–Kier alpha value is -1.39. The van der Waals surface area contributed by atoms with Gasteiger partial charge in [0.1, 0.15) is 0 Å². The van der Waals surface area contributed by atoms with Crippen LogP contribution in [-0.2, 0) is 11.3 Å². The lowest BCUT2D eigenvalue weighted by Gasteiger charge is -2.03. The molecule has 25 heavy (non-hydrogen) atoms. The first-order chi connectivity index (χ1) is 12.3. The Morgan fingerprint density at radius 2 is 1.16 bits per heavy atom. The average Bonchev–Trinajstić information content (AvgIpc) is 3.11. The van der Waals surface area contributed by atoms with Crippen LogP contribution in [0.3, 0.4) is 0 Å². The van der Waals surface area contributed by atoms with Crippen LogP contribution in [0.25, 0.3) is 0 Å². The van der Waals surface area contributed by atoms with Gasteiger partial charge in [0.05, 0.1) is 6.20 Å². The van der Waals surface area contributed by atoms with Crippen LogP contribution in [0.4, 0.5) is 0 Å². The maximum absolute atomic E-state index is 10.4. The molecule has 1 heterocycles. The highest BCUT2D eigenvalue weighted by molar-refractivity contribution is 5.66. The first kappa shape index (κ1) is 21.7. The Morgan fingerprint density at radius 1 is 0.720 bits per heavy atom. The van der Waals surface area contributed by atoms with E-state index in [0.29, 0.717) is 6.42 Å². The van der Waals surface area contributed by atoms with Crippen molar-refractivity contribution in [2.24, 2.45) is 0 Å². The predicted octanol–water partition coefficient (Wildman–Crippen LogP) is 5.60. The molecule has 5 heteroatoms. The third-order valence-electron chi connectivity index (χ3n) is 4.75. The number of aliphatic carboxylic acids is 1. The first-order valence-electron chi connectivity index (χ1n) is 10.3. The highest BCUT2D eigenvalue weighted by atomic mass is 16.4. The number of unbranched alkanes of at least 4 members (excludes halogenated alkanes) is 14. The fourth-order valence-electron chi connectivity index (χ4n) is 3.20. The van der Waals surface area contributed by atoms with Gasteiger partial charge in [-0.1, -0.05) is 88.7 Å². The summed E-state index contributed by atoms with van der Waals surface area (Å²) < 4.78 is 1.91. The summed E-state index contributed by atoms with van der Waals surface area (Å²) in [5.41, 5.74) is 0. The molecular weight excluding hydrogens is 314 g/mol. The third-order valence-corrected chi connectivity index (χ3v) is 4.75. The summed E-state index contributed by atoms with van der Waals surface area (Å²) in [6.45, 7) is 1.000. The van der Waals surface area contributed by atoms with Crippen molar-refractivity contribution < 1.29 is 9.90 Å². The zero-order valence-electron chi connectivity index (χ0n) is 15.9. The van der Waals surface area contributed by atoms with E-state index in [9.17, 15) is 4.79 Å². The second-order valence-electron chi connectivity index (χ2n) is 7.11. The van der Waals surface area contributed by atoms with E-state index in [1.165, 1.54) is 83.5 Å². The van der Waals surface area contributed by atoms with E-state index in [0.717, 1.165) is 19.4 Å². The molecule has 1 aromatic rings. The normalized spacial score (nSPS) is 11.0. The van der Waals surface area contributed by atoms with Crippen LogP contribution in [0.5, 0.6) is 0 Å². The molecular formula is C20H37N3O2. The lowest BCUT2D eigenvalue weighted by Crippen LogP contribution is -1.98. The maximum atomic E-state index is 10.4. The van der Waals surface area contributed by atoms with Crippen LogP contribution in [-0.4, -0.2) is 26.1 Å². The zero-order chi connectivity index (χ0) is 18.0. The van der Waals surface area contributed by atoms with E-state index >= 15 is 0 Å². The largest absolute Gasteiger partial charge is 0.481 e. The summed E-state index contributed by atoms with van der Waals surface area (Å²) in [7, 11) is 0. The fourth-order valence-corrected chi connectivity index (χ4v) is 3.20. The van der Waals surface area contributed by atoms with Crippen LogP contribution >= 0.6 is 0 Å². The van der Waals surface area contributed by atoms with E-state index < -0.39 is 5.97 Å². The van der Waals surface area contributed by atoms with Crippen molar-refractivity contribution in [2.75, 3.05) is 0 Å². The summed E-state index contributed by atoms with van der Waals surface area (Å²) in [5.74, 6) is -0.660. The van der Waals surface area contributed by atoms with Gasteiger partial charge in [0.25, 0.3) is 0 Å². The molecule has 0 aliphatic carbocycles. The molecule has 0 bridgehead atoms. The predicted molar refractivity (Wildman–Crippen MR) is 102 cm³/mol. The summed E-state index contributed by atoms with van der Waals surface area (Å²) in [6.07, 6.45) is 23.2. The molecule has 0 amide bonds. The van der Waals surface area contributed by atoms with Gasteiger partial charge in [0.15, 0.2) is 0 Å². The lowest BCUT2D eigenvalue weighted by molar-refractivity contribution is -0.137. The molecule has 0 fully saturated rings. The van der Waals surface area contributed by atoms with E-state index in [1.807, 2.05) is 10.9 Å². The minimum atomic E-state index is -0.660. The van der Waals surface area contributed by atoms with Gasteiger partial charge in [-0.05, 0) is 12.8 Å². The number of nitrogens with zero attached hydrogens (tertiary/aromatic N) is 3. The van der Waals surface area contributed by atoms with E-state index in [2.05, 4.69) is 10.3 Å². The van der Waals surface area contributed by atoms with Crippen molar-refractivity contribution in [3.63, 3.8) is 0 Å². The molecule has 1 N–H and O–H groups in total. The SMILES string of the molecule is O=C(O)CCCCCCCCCCCCCCCCCn1ccnn1. The van der Waals surface area contributed by atoms with Crippen molar-refractivity contribution in [2.45, 2.75) is 109 Å². The Morgan fingerprint density at radius 3 is 1.56 bits per heavy atom. The summed E-state index contributed by atoms with van der Waals surface area (Å²) in [6, 6.07) is 0. The van der Waals surface area contributed by atoms with Gasteiger partial charge in [0, 0.05) is 19.2 Å². The fraction of sp³-hybridized carbons (Fsp3) is 0.850. The molecule has 144 valence electrons. The Bertz CT molecular complexity index is 407. The second kappa shape index (κ2) is 16.1. The maximum Gasteiger partial charge on any atom is 0.303 e. The molecule has 0 spiro atoms. The summed E-state index contributed by atoms with van der Waals surface area (Å²) in [4.78, 5) is 10.4. The summed E-state index contributed by atoms with van der Waals surface area (Å²) in [5, 5.41) is 16.3. The average molecular weight is 352 g/mol. The number of rotatable bonds is 18. The highest BCUT2D eigenvalue weighted by Crippen LogP contribution is 2.13. The molecule has 0 aliphatic rings. The lowest BCUT2D eigenvalue weighted by atomic mass is 10.0. The van der Waals surface area contributed by atoms with Crippen LogP contribution in [0.1, 0.15) is 103 Å². The van der Waals surface area contributed by atoms with Gasteiger partial charge in [-0.15, -0.1) is 5.10 Å². The number of hydrogen-bond donors (Lipinski definition) is 1. The molecule has 1 aromatic heterocycles. The molecule has 0 saturated carbocycles. The standard InChI is InChI=1S/C20H37N3O2/c24-20(25)16-14-12-10-8-6-4-2-1-3-5-7-9-11-13-15-18-23-19-17-21-22-23/h17,19H,1-16,18H2,(H,24,25). The van der Waals surface area contributed by atoms with Crippen molar-refractivity contribution in [1.82, 2.24) is 15.0 Å². The Labute approximate surface area is 153 Å². The number of hydrogen-bond acceptors (Lipinski definition) is 3. The molecule has 0 radical (unpaired) electrons. The molecule has 0 aliphatic heterocycles. The third kappa shape index (κ3) is 14.6. The van der Waals surface area contributed by atoms with Crippen molar-refractivity contribution in [3.05, 3.63) is 12.4 Å². The van der Waals surface area contributed by atoms with Gasteiger partial charge in [-0.2, -0.15) is 0 Å². The number of carboxylic acids is 1. The topological polar surface area (TPSA) is 68.0 Å². The molecule has 0 unspecified atom stereocenters. The van der Waals surface area contributed by atoms with Gasteiger partial charge in [-0.3, -0.25) is 9.48 Å². The molecule has 0 aromatic carbocycles. The molecule has 0 saturated heterocycles. The van der Waals surface area contributed by atoms with Gasteiger partial charge >= 0.3 is 5.97 Å². The second-order valence-corrected chi connectivity index (χ2v) is 7.11. The first-order valence-corrected chi connectivity index (χ1v) is 10.3. The monoisotopic (exact) mass is 351 g/mol. The van der Waals surface area contributed by atoms with Crippen LogP contribution in [0, 0.1) is 0 Å². The van der Waals surface area contributed by atoms with Gasteiger partial charge in [0.2, 0.25) is 0 Å². The van der Waals surface area contributed by atoms with Crippen LogP contribution in [0.2, 0.25) is 0 Å². The molecule has 5 nitrogen and oxygen atoms in total. The van der Waals surface area contributed by atoms with E-state index in [1.54, 1.807) is 6.20 Å². The minimum Gasteiger partial charge on any atom is -0.481 e. The minimum absolute atomic E-state index is 0.335. The number of aromatic nitrogens is 3. The number of carboxylic acid groups (broad SMARTS) is 1. The number of carbonyl (C=O) groups is 1. The van der Waals surface area contributed by atoms with Gasteiger partial charge < -0.3 is 5.11 Å². The van der Waals surface area contributed by atoms with E-state index in [-0.39, 0.29) is 0 Å². The number of aryl methyl sites for hydroxylation is 1. The van der Waals surface area contributed by atoms with Crippen LogP contribution < -0.4 is 0 Å². The quantitative estimate of drug-likeness (QED) is 0.349. The molecule has 1 rings (SSSR count). The zero-order valence-corrected chi connectivity index (χ0v) is 15.9. The van der Waals surface area contributed by atoms with Gasteiger partial charge in [-0.25, -0.2) is 0 Å². The highest BCUT2D eigenvalue weighted by Gasteiger charge is 1.97. The Kier molecular flexibility index (Phi) is 13.9. The van der Waals surface area contributed by atoms with E-state index in [4.69, 9.17) is 5.11 Å². The Balaban J connectivity index is 1.67.